The van der Waals surface area contributed by atoms with E-state index in [1.165, 1.54) is 0 Å². The molecule has 1 aromatic heterocycles. The number of halogens is 1. The van der Waals surface area contributed by atoms with Gasteiger partial charge in [0.15, 0.2) is 0 Å². The van der Waals surface area contributed by atoms with Crippen molar-refractivity contribution in [3.8, 4) is 11.5 Å². The Morgan fingerprint density at radius 3 is 2.61 bits per heavy atom. The zero-order valence-electron chi connectivity index (χ0n) is 20.3. The van der Waals surface area contributed by atoms with Gasteiger partial charge < -0.3 is 25.6 Å². The zero-order valence-corrected chi connectivity index (χ0v) is 21.1. The molecule has 36 heavy (non-hydrogen) atoms. The lowest BCUT2D eigenvalue weighted by atomic mass is 9.87. The van der Waals surface area contributed by atoms with Crippen LogP contribution in [0.25, 0.3) is 11.0 Å². The number of nitrogens with zero attached hydrogens (tertiary/aromatic N) is 6. The molecule has 2 aliphatic heterocycles. The highest BCUT2D eigenvalue weighted by Gasteiger charge is 2.40. The van der Waals surface area contributed by atoms with E-state index >= 15 is 0 Å². The number of anilines is 1. The maximum absolute atomic E-state index is 7.28. The van der Waals surface area contributed by atoms with Gasteiger partial charge in [-0.1, -0.05) is 23.4 Å². The van der Waals surface area contributed by atoms with Gasteiger partial charge in [-0.2, -0.15) is 0 Å². The highest BCUT2D eigenvalue weighted by molar-refractivity contribution is 5.85. The monoisotopic (exact) mass is 504 g/mol. The number of aliphatic imine (C=N–C) groups is 1. The van der Waals surface area contributed by atoms with Crippen LogP contribution in [0.1, 0.15) is 11.1 Å². The number of aromatic nitrogens is 3. The second-order valence-corrected chi connectivity index (χ2v) is 9.02. The van der Waals surface area contributed by atoms with Gasteiger partial charge in [-0.3, -0.25) is 0 Å². The first-order valence-electron chi connectivity index (χ1n) is 11.8. The van der Waals surface area contributed by atoms with Crippen molar-refractivity contribution >= 4 is 41.2 Å². The van der Waals surface area contributed by atoms with Crippen molar-refractivity contribution in [2.45, 2.75) is 5.66 Å². The number of benzene rings is 3. The molecular formula is C26H29ClN8O. The third-order valence-electron chi connectivity index (χ3n) is 6.91. The number of ether oxygens (including phenoxy) is 1. The SMILES string of the molecule is CN1C=Nc2ccc(N3CCNCC3)cc2C1(N)c1ccccc1Oc1ccc2c(c1)nnn2C.Cl. The second kappa shape index (κ2) is 9.42. The van der Waals surface area contributed by atoms with E-state index in [0.717, 1.165) is 59.7 Å². The Morgan fingerprint density at radius 1 is 0.972 bits per heavy atom. The number of piperazine rings is 1. The number of para-hydroxylation sites is 1. The summed E-state index contributed by atoms with van der Waals surface area (Å²) >= 11 is 0. The van der Waals surface area contributed by atoms with Gasteiger partial charge in [0.2, 0.25) is 0 Å². The summed E-state index contributed by atoms with van der Waals surface area (Å²) in [5, 5.41) is 11.7. The van der Waals surface area contributed by atoms with Crippen molar-refractivity contribution in [3.63, 3.8) is 0 Å². The summed E-state index contributed by atoms with van der Waals surface area (Å²) in [4.78, 5) is 9.00. The molecule has 0 amide bonds. The minimum Gasteiger partial charge on any atom is -0.457 e. The topological polar surface area (TPSA) is 96.8 Å². The molecule has 1 unspecified atom stereocenters. The lowest BCUT2D eigenvalue weighted by molar-refractivity contribution is 0.266. The van der Waals surface area contributed by atoms with Gasteiger partial charge in [0.1, 0.15) is 22.7 Å². The second-order valence-electron chi connectivity index (χ2n) is 9.02. The molecule has 0 aliphatic carbocycles. The van der Waals surface area contributed by atoms with Crippen LogP contribution in [0.4, 0.5) is 11.4 Å². The van der Waals surface area contributed by atoms with E-state index in [1.54, 1.807) is 11.0 Å². The van der Waals surface area contributed by atoms with Crippen molar-refractivity contribution in [1.29, 1.82) is 0 Å². The minimum absolute atomic E-state index is 0. The van der Waals surface area contributed by atoms with E-state index < -0.39 is 5.66 Å². The number of nitrogens with two attached hydrogens (primary N) is 1. The van der Waals surface area contributed by atoms with Crippen LogP contribution in [0.15, 0.2) is 65.7 Å². The summed E-state index contributed by atoms with van der Waals surface area (Å²) in [7, 11) is 3.82. The summed E-state index contributed by atoms with van der Waals surface area (Å²) in [6.07, 6.45) is 1.79. The Labute approximate surface area is 216 Å². The Balaban J connectivity index is 0.00000267. The molecular weight excluding hydrogens is 476 g/mol. The van der Waals surface area contributed by atoms with Crippen molar-refractivity contribution in [2.24, 2.45) is 17.8 Å². The molecule has 1 fully saturated rings. The standard InChI is InChI=1S/C26H28N8O.ClH/c1-32-17-29-22-9-7-18(34-13-11-28-12-14-34)15-21(22)26(32,27)20-5-3-4-6-25(20)35-19-8-10-24-23(16-19)30-31-33(24)2;/h3-10,15-17,28H,11-14,27H2,1-2H3;1H. The summed E-state index contributed by atoms with van der Waals surface area (Å²) in [6.45, 7) is 3.85. The average Bonchev–Trinajstić information content (AvgIpc) is 3.27. The van der Waals surface area contributed by atoms with Crippen molar-refractivity contribution < 1.29 is 4.74 Å². The number of rotatable bonds is 4. The highest BCUT2D eigenvalue weighted by atomic mass is 35.5. The Hall–Kier alpha value is -3.66. The maximum Gasteiger partial charge on any atom is 0.147 e. The summed E-state index contributed by atoms with van der Waals surface area (Å²) in [5.74, 6) is 1.36. The summed E-state index contributed by atoms with van der Waals surface area (Å²) in [5.41, 5.74) is 11.8. The minimum atomic E-state index is -0.964. The van der Waals surface area contributed by atoms with Gasteiger partial charge in [-0.05, 0) is 36.4 Å². The van der Waals surface area contributed by atoms with Crippen molar-refractivity contribution in [2.75, 3.05) is 38.1 Å². The molecule has 0 radical (unpaired) electrons. The number of aryl methyl sites for hydroxylation is 1. The summed E-state index contributed by atoms with van der Waals surface area (Å²) in [6, 6.07) is 20.1. The molecule has 4 aromatic rings. The van der Waals surface area contributed by atoms with Gasteiger partial charge in [0.05, 0.1) is 17.5 Å². The third kappa shape index (κ3) is 3.95. The quantitative estimate of drug-likeness (QED) is 0.440. The van der Waals surface area contributed by atoms with Gasteiger partial charge in [0.25, 0.3) is 0 Å². The maximum atomic E-state index is 7.28. The lowest BCUT2D eigenvalue weighted by Gasteiger charge is -2.42. The van der Waals surface area contributed by atoms with E-state index in [1.807, 2.05) is 61.5 Å². The molecule has 3 heterocycles. The molecule has 0 spiro atoms. The Bertz CT molecular complexity index is 1430. The Morgan fingerprint density at radius 2 is 1.78 bits per heavy atom. The third-order valence-corrected chi connectivity index (χ3v) is 6.91. The normalized spacial score (nSPS) is 19.2. The molecule has 6 rings (SSSR count). The molecule has 1 saturated heterocycles. The van der Waals surface area contributed by atoms with Gasteiger partial charge in [0, 0.05) is 63.2 Å². The van der Waals surface area contributed by atoms with E-state index in [4.69, 9.17) is 10.5 Å². The molecule has 3 N–H and O–H groups in total. The Kier molecular flexibility index (Phi) is 6.29. The van der Waals surface area contributed by atoms with Crippen LogP contribution in [0.3, 0.4) is 0 Å². The first-order valence-corrected chi connectivity index (χ1v) is 11.8. The van der Waals surface area contributed by atoms with Crippen LogP contribution in [0, 0.1) is 0 Å². The fraction of sp³-hybridized carbons (Fsp3) is 0.269. The molecule has 186 valence electrons. The van der Waals surface area contributed by atoms with Crippen LogP contribution < -0.4 is 20.7 Å². The van der Waals surface area contributed by atoms with E-state index in [-0.39, 0.29) is 12.4 Å². The smallest absolute Gasteiger partial charge is 0.147 e. The highest BCUT2D eigenvalue weighted by Crippen LogP contribution is 2.44. The van der Waals surface area contributed by atoms with Crippen LogP contribution in [0.5, 0.6) is 11.5 Å². The van der Waals surface area contributed by atoms with Gasteiger partial charge in [-0.15, -0.1) is 17.5 Å². The fourth-order valence-electron chi connectivity index (χ4n) is 4.91. The van der Waals surface area contributed by atoms with Crippen molar-refractivity contribution in [3.05, 3.63) is 71.8 Å². The molecule has 3 aromatic carbocycles. The van der Waals surface area contributed by atoms with E-state index in [0.29, 0.717) is 11.5 Å². The number of hydrogen-bond donors (Lipinski definition) is 2. The van der Waals surface area contributed by atoms with Crippen LogP contribution >= 0.6 is 12.4 Å². The fourth-order valence-corrected chi connectivity index (χ4v) is 4.91. The van der Waals surface area contributed by atoms with Crippen LogP contribution in [-0.4, -0.2) is 59.5 Å². The molecule has 0 bridgehead atoms. The number of hydrogen-bond acceptors (Lipinski definition) is 8. The zero-order chi connectivity index (χ0) is 24.0. The molecule has 2 aliphatic rings. The molecule has 1 atom stereocenters. The van der Waals surface area contributed by atoms with E-state index in [2.05, 4.69) is 43.7 Å². The first-order chi connectivity index (χ1) is 17.0. The molecule has 0 saturated carbocycles. The lowest BCUT2D eigenvalue weighted by Crippen LogP contribution is -2.53. The van der Waals surface area contributed by atoms with Crippen LogP contribution in [0.2, 0.25) is 0 Å². The predicted octanol–water partition coefficient (Wildman–Crippen LogP) is 3.36. The predicted molar refractivity (Wildman–Crippen MR) is 145 cm³/mol. The van der Waals surface area contributed by atoms with Crippen LogP contribution in [-0.2, 0) is 12.7 Å². The largest absolute Gasteiger partial charge is 0.457 e. The van der Waals surface area contributed by atoms with Crippen molar-refractivity contribution in [1.82, 2.24) is 25.2 Å². The number of nitrogens with one attached hydrogen (secondary N) is 1. The summed E-state index contributed by atoms with van der Waals surface area (Å²) < 4.78 is 8.15. The van der Waals surface area contributed by atoms with Gasteiger partial charge in [-0.25, -0.2) is 9.67 Å². The average molecular weight is 505 g/mol. The molecule has 9 nitrogen and oxygen atoms in total. The van der Waals surface area contributed by atoms with Gasteiger partial charge >= 0.3 is 0 Å². The first kappa shape index (κ1) is 24.1. The molecule has 10 heteroatoms. The number of fused-ring (bicyclic) bond motifs is 2. The van der Waals surface area contributed by atoms with E-state index in [9.17, 15) is 0 Å².